The van der Waals surface area contributed by atoms with Gasteiger partial charge >= 0.3 is 7.82 Å². The first kappa shape index (κ1) is 42.1. The summed E-state index contributed by atoms with van der Waals surface area (Å²) < 4.78 is 15.5. The first-order chi connectivity index (χ1) is 19.3. The van der Waals surface area contributed by atoms with Crippen LogP contribution in [0.25, 0.3) is 0 Å². The van der Waals surface area contributed by atoms with Crippen molar-refractivity contribution < 1.29 is 29.1 Å². The van der Waals surface area contributed by atoms with E-state index in [9.17, 15) is 4.57 Å². The number of aliphatic hydroxyl groups is 2. The lowest BCUT2D eigenvalue weighted by Crippen LogP contribution is -2.30. The number of nitrogens with zero attached hydrogens (tertiary/aromatic N) is 1. The van der Waals surface area contributed by atoms with Crippen LogP contribution in [0.1, 0.15) is 162 Å². The Labute approximate surface area is 249 Å². The van der Waals surface area contributed by atoms with Crippen molar-refractivity contribution in [3.63, 3.8) is 0 Å². The molecule has 4 N–H and O–H groups in total. The van der Waals surface area contributed by atoms with Crippen molar-refractivity contribution in [3.8, 4) is 0 Å². The van der Waals surface area contributed by atoms with E-state index in [0.717, 1.165) is 32.2 Å². The molecule has 0 aromatic heterocycles. The molecular formula is C32H70NO6P. The molecule has 244 valence electrons. The van der Waals surface area contributed by atoms with E-state index < -0.39 is 7.82 Å². The zero-order valence-corrected chi connectivity index (χ0v) is 27.8. The quantitative estimate of drug-likeness (QED) is 0.0486. The second-order valence-corrected chi connectivity index (χ2v) is 12.8. The van der Waals surface area contributed by atoms with E-state index in [4.69, 9.17) is 24.5 Å². The highest BCUT2D eigenvalue weighted by Gasteiger charge is 2.18. The molecule has 0 aromatic carbocycles. The Balaban J connectivity index is 0. The molecule has 0 aliphatic carbocycles. The molecule has 0 rings (SSSR count). The van der Waals surface area contributed by atoms with Gasteiger partial charge in [0.05, 0.1) is 19.8 Å². The molecule has 0 aliphatic heterocycles. The molecule has 0 amide bonds. The summed E-state index contributed by atoms with van der Waals surface area (Å²) >= 11 is 0. The fourth-order valence-electron chi connectivity index (χ4n) is 5.03. The van der Waals surface area contributed by atoms with E-state index in [-0.39, 0.29) is 19.8 Å². The minimum Gasteiger partial charge on any atom is -0.395 e. The molecule has 0 saturated heterocycles. The van der Waals surface area contributed by atoms with Crippen molar-refractivity contribution in [3.05, 3.63) is 0 Å². The molecule has 0 heterocycles. The largest absolute Gasteiger partial charge is 0.469 e. The standard InChI is InChI=1S/C16H35NO2.C16H35O4P/c1-2-3-4-5-6-7-8-9-10-11-12-17(13-15-18)14-16-19;1-3-5-7-9-10-12-14-16(13-11-8-6-4-2)15-20-21(17,18)19/h18-19H,2-16H2,1H3;16H,3-15H2,1-2H3,(H2,17,18,19). The third-order valence-corrected chi connectivity index (χ3v) is 8.06. The molecule has 0 aromatic rings. The van der Waals surface area contributed by atoms with E-state index in [1.54, 1.807) is 0 Å². The number of hydrogen-bond acceptors (Lipinski definition) is 5. The summed E-state index contributed by atoms with van der Waals surface area (Å²) in [6.07, 6.45) is 27.9. The molecule has 8 heteroatoms. The van der Waals surface area contributed by atoms with Gasteiger partial charge in [0.25, 0.3) is 0 Å². The monoisotopic (exact) mass is 595 g/mol. The van der Waals surface area contributed by atoms with Gasteiger partial charge in [0.15, 0.2) is 0 Å². The smallest absolute Gasteiger partial charge is 0.395 e. The van der Waals surface area contributed by atoms with E-state index in [0.29, 0.717) is 19.0 Å². The van der Waals surface area contributed by atoms with Gasteiger partial charge in [-0.1, -0.05) is 143 Å². The second kappa shape index (κ2) is 33.5. The fourth-order valence-corrected chi connectivity index (χ4v) is 5.43. The Morgan fingerprint density at radius 2 is 0.900 bits per heavy atom. The minimum absolute atomic E-state index is 0.192. The van der Waals surface area contributed by atoms with Crippen LogP contribution in [0.4, 0.5) is 0 Å². The number of phosphoric ester groups is 1. The number of aliphatic hydroxyl groups excluding tert-OH is 2. The highest BCUT2D eigenvalue weighted by Crippen LogP contribution is 2.37. The van der Waals surface area contributed by atoms with Crippen LogP contribution >= 0.6 is 7.82 Å². The Hall–Kier alpha value is -0.0100. The van der Waals surface area contributed by atoms with E-state index in [1.165, 1.54) is 116 Å². The third kappa shape index (κ3) is 36.0. The minimum atomic E-state index is -4.32. The summed E-state index contributed by atoms with van der Waals surface area (Å²) in [5.74, 6) is 0.292. The molecule has 0 aliphatic rings. The molecule has 0 spiro atoms. The molecule has 0 bridgehead atoms. The molecule has 0 fully saturated rings. The maximum absolute atomic E-state index is 10.8. The maximum atomic E-state index is 10.8. The number of hydrogen-bond donors (Lipinski definition) is 4. The number of unbranched alkanes of at least 4 members (excludes halogenated alkanes) is 17. The van der Waals surface area contributed by atoms with Crippen molar-refractivity contribution in [2.75, 3.05) is 39.5 Å². The summed E-state index contributed by atoms with van der Waals surface area (Å²) in [5, 5.41) is 17.8. The first-order valence-electron chi connectivity index (χ1n) is 17.0. The van der Waals surface area contributed by atoms with Gasteiger partial charge in [0, 0.05) is 13.1 Å². The van der Waals surface area contributed by atoms with Gasteiger partial charge in [-0.05, 0) is 31.7 Å². The predicted octanol–water partition coefficient (Wildman–Crippen LogP) is 8.63. The van der Waals surface area contributed by atoms with Gasteiger partial charge in [-0.2, -0.15) is 0 Å². The van der Waals surface area contributed by atoms with Gasteiger partial charge in [-0.15, -0.1) is 0 Å². The molecule has 7 nitrogen and oxygen atoms in total. The zero-order chi connectivity index (χ0) is 30.2. The zero-order valence-electron chi connectivity index (χ0n) is 26.9. The SMILES string of the molecule is CCCCCCCCC(CCCCCC)COP(=O)(O)O.CCCCCCCCCCCCN(CCO)CCO. The van der Waals surface area contributed by atoms with Crippen LogP contribution in [0.5, 0.6) is 0 Å². The maximum Gasteiger partial charge on any atom is 0.469 e. The Kier molecular flexibility index (Phi) is 35.3. The summed E-state index contributed by atoms with van der Waals surface area (Å²) in [6.45, 7) is 9.64. The molecule has 1 atom stereocenters. The van der Waals surface area contributed by atoms with Crippen molar-refractivity contribution in [1.82, 2.24) is 4.90 Å². The summed E-state index contributed by atoms with van der Waals surface area (Å²) in [6, 6.07) is 0. The van der Waals surface area contributed by atoms with Crippen molar-refractivity contribution in [1.29, 1.82) is 0 Å². The molecular weight excluding hydrogens is 525 g/mol. The fraction of sp³-hybridized carbons (Fsp3) is 1.00. The number of rotatable bonds is 30. The van der Waals surface area contributed by atoms with Crippen LogP contribution in [0.2, 0.25) is 0 Å². The second-order valence-electron chi connectivity index (χ2n) is 11.5. The van der Waals surface area contributed by atoms with Crippen molar-refractivity contribution >= 4 is 7.82 Å². The Morgan fingerprint density at radius 1 is 0.550 bits per heavy atom. The van der Waals surface area contributed by atoms with Crippen molar-refractivity contribution in [2.24, 2.45) is 5.92 Å². The van der Waals surface area contributed by atoms with E-state index in [2.05, 4.69) is 25.7 Å². The molecule has 40 heavy (non-hydrogen) atoms. The van der Waals surface area contributed by atoms with Gasteiger partial charge in [0.1, 0.15) is 0 Å². The van der Waals surface area contributed by atoms with Crippen LogP contribution in [-0.4, -0.2) is 64.4 Å². The highest BCUT2D eigenvalue weighted by atomic mass is 31.2. The normalized spacial score (nSPS) is 12.5. The van der Waals surface area contributed by atoms with Crippen LogP contribution in [0.15, 0.2) is 0 Å². The van der Waals surface area contributed by atoms with Crippen LogP contribution in [0, 0.1) is 5.92 Å². The lowest BCUT2D eigenvalue weighted by molar-refractivity contribution is 0.157. The van der Waals surface area contributed by atoms with Gasteiger partial charge in [0.2, 0.25) is 0 Å². The highest BCUT2D eigenvalue weighted by molar-refractivity contribution is 7.46. The lowest BCUT2D eigenvalue weighted by atomic mass is 9.95. The van der Waals surface area contributed by atoms with Gasteiger partial charge in [-0.3, -0.25) is 9.42 Å². The Morgan fingerprint density at radius 3 is 1.27 bits per heavy atom. The predicted molar refractivity (Wildman–Crippen MR) is 171 cm³/mol. The van der Waals surface area contributed by atoms with E-state index >= 15 is 0 Å². The van der Waals surface area contributed by atoms with Crippen molar-refractivity contribution in [2.45, 2.75) is 162 Å². The molecule has 0 radical (unpaired) electrons. The summed E-state index contributed by atoms with van der Waals surface area (Å²) in [7, 11) is -4.32. The van der Waals surface area contributed by atoms with E-state index in [1.807, 2.05) is 0 Å². The average Bonchev–Trinajstić information content (AvgIpc) is 2.92. The van der Waals surface area contributed by atoms with Crippen LogP contribution in [-0.2, 0) is 9.09 Å². The van der Waals surface area contributed by atoms with Crippen LogP contribution in [0.3, 0.4) is 0 Å². The third-order valence-electron chi connectivity index (χ3n) is 7.57. The Bertz CT molecular complexity index is 514. The van der Waals surface area contributed by atoms with Gasteiger partial charge in [-0.25, -0.2) is 4.57 Å². The topological polar surface area (TPSA) is 110 Å². The van der Waals surface area contributed by atoms with Crippen LogP contribution < -0.4 is 0 Å². The average molecular weight is 596 g/mol. The molecule has 1 unspecified atom stereocenters. The summed E-state index contributed by atoms with van der Waals surface area (Å²) in [5.41, 5.74) is 0. The lowest BCUT2D eigenvalue weighted by Gasteiger charge is -2.19. The van der Waals surface area contributed by atoms with Gasteiger partial charge < -0.3 is 20.0 Å². The number of phosphoric acid groups is 1. The molecule has 0 saturated carbocycles. The summed E-state index contributed by atoms with van der Waals surface area (Å²) in [4.78, 5) is 19.8. The first-order valence-corrected chi connectivity index (χ1v) is 18.5.